The second-order valence-corrected chi connectivity index (χ2v) is 5.35. The molecule has 1 aliphatic heterocycles. The minimum atomic E-state index is -0.149. The first-order chi connectivity index (χ1) is 9.83. The normalized spacial score (nSPS) is 22.9. The van der Waals surface area contributed by atoms with Crippen molar-refractivity contribution in [3.63, 3.8) is 0 Å². The summed E-state index contributed by atoms with van der Waals surface area (Å²) in [5.41, 5.74) is 2.47. The Morgan fingerprint density at radius 3 is 2.15 bits per heavy atom. The van der Waals surface area contributed by atoms with E-state index in [4.69, 9.17) is 9.47 Å². The van der Waals surface area contributed by atoms with Crippen molar-refractivity contribution >= 4 is 21.8 Å². The van der Waals surface area contributed by atoms with Crippen molar-refractivity contribution in [3.05, 3.63) is 48.5 Å². The van der Waals surface area contributed by atoms with Crippen LogP contribution in [0, 0.1) is 0 Å². The first-order valence-corrected chi connectivity index (χ1v) is 7.06. The Hall–Kier alpha value is -1.84. The zero-order valence-corrected chi connectivity index (χ0v) is 11.5. The van der Waals surface area contributed by atoms with Crippen molar-refractivity contribution in [1.82, 2.24) is 4.57 Å². The zero-order chi connectivity index (χ0) is 13.5. The van der Waals surface area contributed by atoms with Crippen LogP contribution < -0.4 is 0 Å². The summed E-state index contributed by atoms with van der Waals surface area (Å²) in [4.78, 5) is 0. The van der Waals surface area contributed by atoms with E-state index in [1.807, 2.05) is 6.92 Å². The lowest BCUT2D eigenvalue weighted by atomic mass is 10.2. The predicted octanol–water partition coefficient (Wildman–Crippen LogP) is 3.56. The lowest BCUT2D eigenvalue weighted by Gasteiger charge is -2.13. The van der Waals surface area contributed by atoms with Crippen molar-refractivity contribution in [3.8, 4) is 0 Å². The highest BCUT2D eigenvalue weighted by Gasteiger charge is 2.24. The maximum absolute atomic E-state index is 5.79. The minimum absolute atomic E-state index is 0.149. The van der Waals surface area contributed by atoms with Crippen LogP contribution in [-0.2, 0) is 16.0 Å². The molecule has 0 saturated carbocycles. The number of benzene rings is 2. The molecule has 102 valence electrons. The Balaban J connectivity index is 1.87. The molecule has 2 aromatic carbocycles. The Bertz CT molecular complexity index is 709. The van der Waals surface area contributed by atoms with Crippen LogP contribution in [0.5, 0.6) is 0 Å². The third kappa shape index (κ3) is 1.82. The van der Waals surface area contributed by atoms with Gasteiger partial charge in [-0.05, 0) is 19.1 Å². The van der Waals surface area contributed by atoms with Crippen LogP contribution >= 0.6 is 0 Å². The molecule has 3 aromatic rings. The van der Waals surface area contributed by atoms with Crippen LogP contribution in [0.3, 0.4) is 0 Å². The van der Waals surface area contributed by atoms with Gasteiger partial charge in [0.05, 0.1) is 19.3 Å². The number of ether oxygens (including phenoxy) is 2. The SMILES string of the molecule is C[C@@H]1CO[C@H](Cn2c3ccccc3c3ccccc32)O1. The van der Waals surface area contributed by atoms with E-state index < -0.39 is 0 Å². The van der Waals surface area contributed by atoms with Gasteiger partial charge in [0.25, 0.3) is 0 Å². The molecule has 1 fully saturated rings. The van der Waals surface area contributed by atoms with Crippen LogP contribution in [0.2, 0.25) is 0 Å². The van der Waals surface area contributed by atoms with E-state index in [0.29, 0.717) is 6.61 Å². The van der Waals surface area contributed by atoms with E-state index in [1.165, 1.54) is 21.8 Å². The molecular formula is C17H17NO2. The van der Waals surface area contributed by atoms with E-state index in [1.54, 1.807) is 0 Å². The quantitative estimate of drug-likeness (QED) is 0.708. The molecule has 2 atom stereocenters. The second kappa shape index (κ2) is 4.62. The zero-order valence-electron chi connectivity index (χ0n) is 11.5. The topological polar surface area (TPSA) is 23.4 Å². The first-order valence-electron chi connectivity index (χ1n) is 7.06. The third-order valence-electron chi connectivity index (χ3n) is 3.91. The van der Waals surface area contributed by atoms with Crippen molar-refractivity contribution < 1.29 is 9.47 Å². The van der Waals surface area contributed by atoms with Gasteiger partial charge in [-0.15, -0.1) is 0 Å². The Kier molecular flexibility index (Phi) is 2.76. The van der Waals surface area contributed by atoms with E-state index in [2.05, 4.69) is 53.1 Å². The molecule has 2 heterocycles. The average molecular weight is 267 g/mol. The molecule has 1 saturated heterocycles. The highest BCUT2D eigenvalue weighted by molar-refractivity contribution is 6.07. The fraction of sp³-hybridized carbons (Fsp3) is 0.294. The lowest BCUT2D eigenvalue weighted by molar-refractivity contribution is -0.0633. The van der Waals surface area contributed by atoms with Gasteiger partial charge in [-0.3, -0.25) is 0 Å². The first kappa shape index (κ1) is 11.9. The molecule has 0 unspecified atom stereocenters. The molecular weight excluding hydrogens is 250 g/mol. The standard InChI is InChI=1S/C17H17NO2/c1-12-11-19-17(20-12)10-18-15-8-4-2-6-13(15)14-7-3-5-9-16(14)18/h2-9,12,17H,10-11H2,1H3/t12-,17+/m1/s1. The molecule has 3 heteroatoms. The molecule has 0 amide bonds. The summed E-state index contributed by atoms with van der Waals surface area (Å²) in [5.74, 6) is 0. The summed E-state index contributed by atoms with van der Waals surface area (Å²) in [6, 6.07) is 17.0. The fourth-order valence-corrected chi connectivity index (χ4v) is 3.03. The van der Waals surface area contributed by atoms with Crippen molar-refractivity contribution in [2.75, 3.05) is 6.61 Å². The van der Waals surface area contributed by atoms with E-state index >= 15 is 0 Å². The van der Waals surface area contributed by atoms with Crippen molar-refractivity contribution in [1.29, 1.82) is 0 Å². The van der Waals surface area contributed by atoms with Gasteiger partial charge in [0.2, 0.25) is 0 Å². The lowest BCUT2D eigenvalue weighted by Crippen LogP contribution is -2.17. The number of aromatic nitrogens is 1. The molecule has 3 nitrogen and oxygen atoms in total. The van der Waals surface area contributed by atoms with Crippen LogP contribution in [0.15, 0.2) is 48.5 Å². The van der Waals surface area contributed by atoms with Gasteiger partial charge in [0, 0.05) is 21.8 Å². The number of rotatable bonds is 2. The van der Waals surface area contributed by atoms with E-state index in [-0.39, 0.29) is 12.4 Å². The summed E-state index contributed by atoms with van der Waals surface area (Å²) in [6.07, 6.45) is 0.0392. The van der Waals surface area contributed by atoms with Crippen LogP contribution in [0.1, 0.15) is 6.92 Å². The molecule has 0 radical (unpaired) electrons. The molecule has 20 heavy (non-hydrogen) atoms. The summed E-state index contributed by atoms with van der Waals surface area (Å²) in [6.45, 7) is 3.46. The largest absolute Gasteiger partial charge is 0.348 e. The molecule has 0 aliphatic carbocycles. The Labute approximate surface area is 117 Å². The van der Waals surface area contributed by atoms with Crippen LogP contribution in [0.25, 0.3) is 21.8 Å². The van der Waals surface area contributed by atoms with Gasteiger partial charge < -0.3 is 14.0 Å². The van der Waals surface area contributed by atoms with Gasteiger partial charge in [0.15, 0.2) is 6.29 Å². The number of hydrogen-bond acceptors (Lipinski definition) is 2. The number of hydrogen-bond donors (Lipinski definition) is 0. The van der Waals surface area contributed by atoms with E-state index in [9.17, 15) is 0 Å². The Morgan fingerprint density at radius 1 is 1.00 bits per heavy atom. The molecule has 1 aliphatic rings. The maximum Gasteiger partial charge on any atom is 0.175 e. The second-order valence-electron chi connectivity index (χ2n) is 5.35. The van der Waals surface area contributed by atoms with Crippen LogP contribution in [-0.4, -0.2) is 23.6 Å². The molecule has 1 aromatic heterocycles. The summed E-state index contributed by atoms with van der Waals surface area (Å²) in [7, 11) is 0. The van der Waals surface area contributed by atoms with Crippen LogP contribution in [0.4, 0.5) is 0 Å². The van der Waals surface area contributed by atoms with Crippen molar-refractivity contribution in [2.45, 2.75) is 25.9 Å². The smallest absolute Gasteiger partial charge is 0.175 e. The number of nitrogens with zero attached hydrogens (tertiary/aromatic N) is 1. The monoisotopic (exact) mass is 267 g/mol. The van der Waals surface area contributed by atoms with Crippen molar-refractivity contribution in [2.24, 2.45) is 0 Å². The number of para-hydroxylation sites is 2. The van der Waals surface area contributed by atoms with E-state index in [0.717, 1.165) is 6.54 Å². The summed E-state index contributed by atoms with van der Waals surface area (Å²) < 4.78 is 13.8. The third-order valence-corrected chi connectivity index (χ3v) is 3.91. The average Bonchev–Trinajstić information content (AvgIpc) is 3.03. The molecule has 4 rings (SSSR count). The Morgan fingerprint density at radius 2 is 1.60 bits per heavy atom. The van der Waals surface area contributed by atoms with Gasteiger partial charge in [-0.25, -0.2) is 0 Å². The van der Waals surface area contributed by atoms with Gasteiger partial charge in [-0.2, -0.15) is 0 Å². The molecule has 0 spiro atoms. The highest BCUT2D eigenvalue weighted by atomic mass is 16.7. The molecule has 0 N–H and O–H groups in total. The maximum atomic E-state index is 5.79. The van der Waals surface area contributed by atoms with Gasteiger partial charge >= 0.3 is 0 Å². The van der Waals surface area contributed by atoms with Gasteiger partial charge in [-0.1, -0.05) is 36.4 Å². The summed E-state index contributed by atoms with van der Waals surface area (Å²) >= 11 is 0. The fourth-order valence-electron chi connectivity index (χ4n) is 3.03. The molecule has 0 bridgehead atoms. The predicted molar refractivity (Wildman–Crippen MR) is 79.7 cm³/mol. The highest BCUT2D eigenvalue weighted by Crippen LogP contribution is 2.29. The van der Waals surface area contributed by atoms with Gasteiger partial charge in [0.1, 0.15) is 0 Å². The minimum Gasteiger partial charge on any atom is -0.348 e. The summed E-state index contributed by atoms with van der Waals surface area (Å²) in [5, 5.41) is 2.57. The number of fused-ring (bicyclic) bond motifs is 3.